The molecule has 1 aliphatic heterocycles. The average molecular weight is 488 g/mol. The molecule has 0 aliphatic carbocycles. The Hall–Kier alpha value is -3.72. The van der Waals surface area contributed by atoms with E-state index in [4.69, 9.17) is 9.72 Å². The first-order valence-electron chi connectivity index (χ1n) is 12.3. The number of aryl methyl sites for hydroxylation is 2. The van der Waals surface area contributed by atoms with E-state index in [0.717, 1.165) is 53.3 Å². The van der Waals surface area contributed by atoms with Gasteiger partial charge in [0.15, 0.2) is 0 Å². The van der Waals surface area contributed by atoms with Crippen LogP contribution in [0.4, 0.5) is 0 Å². The van der Waals surface area contributed by atoms with Crippen LogP contribution in [-0.2, 0) is 20.6 Å². The normalized spacial score (nSPS) is 14.7. The maximum absolute atomic E-state index is 13.7. The quantitative estimate of drug-likeness (QED) is 0.414. The summed E-state index contributed by atoms with van der Waals surface area (Å²) >= 11 is 0. The highest BCUT2D eigenvalue weighted by molar-refractivity contribution is 6.05. The minimum atomic E-state index is -0.00778. The van der Waals surface area contributed by atoms with E-state index in [1.807, 2.05) is 54.1 Å². The fourth-order valence-electron chi connectivity index (χ4n) is 4.81. The number of carbonyl (C=O) groups is 1. The minimum absolute atomic E-state index is 0.00778. The molecule has 0 bridgehead atoms. The van der Waals surface area contributed by atoms with Gasteiger partial charge in [-0.2, -0.15) is 5.10 Å². The molecule has 1 aromatic carbocycles. The van der Waals surface area contributed by atoms with E-state index < -0.39 is 0 Å². The molecule has 1 amide bonds. The van der Waals surface area contributed by atoms with E-state index in [-0.39, 0.29) is 11.8 Å². The molecule has 9 heteroatoms. The van der Waals surface area contributed by atoms with Gasteiger partial charge >= 0.3 is 0 Å². The van der Waals surface area contributed by atoms with E-state index in [1.165, 1.54) is 0 Å². The van der Waals surface area contributed by atoms with Crippen LogP contribution in [0.25, 0.3) is 22.2 Å². The van der Waals surface area contributed by atoms with Gasteiger partial charge in [0.2, 0.25) is 0 Å². The Labute approximate surface area is 211 Å². The number of benzene rings is 1. The van der Waals surface area contributed by atoms with Crippen LogP contribution < -0.4 is 4.74 Å². The summed E-state index contributed by atoms with van der Waals surface area (Å²) < 4.78 is 9.55. The molecule has 5 rings (SSSR count). The summed E-state index contributed by atoms with van der Waals surface area (Å²) in [7, 11) is 5.54. The summed E-state index contributed by atoms with van der Waals surface area (Å²) in [6.45, 7) is 7.91. The Morgan fingerprint density at radius 2 is 1.89 bits per heavy atom. The van der Waals surface area contributed by atoms with Crippen molar-refractivity contribution in [3.63, 3.8) is 0 Å². The number of hydrogen-bond acceptors (Lipinski definition) is 6. The standard InChI is InChI=1S/C27H33N7O2/c1-18(2)26-28-8-6-23(29-26)22-17-31(3)24-15-25(36-5)21(14-20(22)24)27(35)34-12-10-33(11-13-34)16-19-7-9-32(4)30-19/h6-9,14-15,17-18H,10-13,16H2,1-5H3. The number of fused-ring (bicyclic) bond motifs is 1. The van der Waals surface area contributed by atoms with Crippen LogP contribution in [0.15, 0.2) is 42.9 Å². The smallest absolute Gasteiger partial charge is 0.257 e. The van der Waals surface area contributed by atoms with Crippen molar-refractivity contribution in [1.82, 2.24) is 34.1 Å². The molecule has 3 aromatic heterocycles. The van der Waals surface area contributed by atoms with Gasteiger partial charge in [-0.05, 0) is 18.2 Å². The third kappa shape index (κ3) is 4.58. The number of amides is 1. The maximum atomic E-state index is 13.7. The van der Waals surface area contributed by atoms with Crippen molar-refractivity contribution in [3.8, 4) is 17.0 Å². The first kappa shape index (κ1) is 24.0. The third-order valence-corrected chi connectivity index (χ3v) is 6.82. The topological polar surface area (TPSA) is 81.3 Å². The Kier molecular flexibility index (Phi) is 6.49. The second kappa shape index (κ2) is 9.73. The third-order valence-electron chi connectivity index (χ3n) is 6.82. The van der Waals surface area contributed by atoms with Crippen molar-refractivity contribution in [2.75, 3.05) is 33.3 Å². The molecule has 1 fully saturated rings. The van der Waals surface area contributed by atoms with Gasteiger partial charge < -0.3 is 14.2 Å². The zero-order valence-corrected chi connectivity index (χ0v) is 21.6. The molecule has 0 radical (unpaired) electrons. The van der Waals surface area contributed by atoms with Crippen molar-refractivity contribution in [3.05, 3.63) is 59.9 Å². The van der Waals surface area contributed by atoms with Crippen molar-refractivity contribution < 1.29 is 9.53 Å². The Balaban J connectivity index is 1.42. The Bertz CT molecular complexity index is 1400. The van der Waals surface area contributed by atoms with Gasteiger partial charge in [-0.25, -0.2) is 9.97 Å². The first-order chi connectivity index (χ1) is 17.3. The number of carbonyl (C=O) groups excluding carboxylic acids is 1. The van der Waals surface area contributed by atoms with E-state index in [1.54, 1.807) is 13.3 Å². The number of aromatic nitrogens is 5. The van der Waals surface area contributed by atoms with Gasteiger partial charge in [0.05, 0.1) is 29.6 Å². The maximum Gasteiger partial charge on any atom is 0.257 e. The summed E-state index contributed by atoms with van der Waals surface area (Å²) in [5.74, 6) is 1.61. The summed E-state index contributed by atoms with van der Waals surface area (Å²) in [6.07, 6.45) is 5.82. The van der Waals surface area contributed by atoms with Gasteiger partial charge in [-0.3, -0.25) is 14.4 Å². The fraction of sp³-hybridized carbons (Fsp3) is 0.407. The van der Waals surface area contributed by atoms with Crippen LogP contribution in [-0.4, -0.2) is 73.3 Å². The van der Waals surface area contributed by atoms with Crippen LogP contribution in [0, 0.1) is 0 Å². The van der Waals surface area contributed by atoms with Gasteiger partial charge in [0, 0.05) is 88.3 Å². The highest BCUT2D eigenvalue weighted by atomic mass is 16.5. The molecule has 0 atom stereocenters. The van der Waals surface area contributed by atoms with E-state index in [2.05, 4.69) is 39.6 Å². The lowest BCUT2D eigenvalue weighted by Gasteiger charge is -2.34. The van der Waals surface area contributed by atoms with Gasteiger partial charge in [-0.1, -0.05) is 13.8 Å². The summed E-state index contributed by atoms with van der Waals surface area (Å²) in [5, 5.41) is 5.45. The summed E-state index contributed by atoms with van der Waals surface area (Å²) in [4.78, 5) is 27.1. The monoisotopic (exact) mass is 487 g/mol. The molecular weight excluding hydrogens is 454 g/mol. The summed E-state index contributed by atoms with van der Waals surface area (Å²) in [6, 6.07) is 7.88. The molecule has 0 unspecified atom stereocenters. The second-order valence-corrected chi connectivity index (χ2v) is 9.73. The summed E-state index contributed by atoms with van der Waals surface area (Å²) in [5.41, 5.74) is 4.45. The lowest BCUT2D eigenvalue weighted by Crippen LogP contribution is -2.48. The van der Waals surface area contributed by atoms with Crippen LogP contribution in [0.2, 0.25) is 0 Å². The first-order valence-corrected chi connectivity index (χ1v) is 12.3. The molecule has 4 heterocycles. The van der Waals surface area contributed by atoms with E-state index in [9.17, 15) is 4.79 Å². The van der Waals surface area contributed by atoms with Crippen molar-refractivity contribution in [2.45, 2.75) is 26.3 Å². The highest BCUT2D eigenvalue weighted by Crippen LogP contribution is 2.35. The predicted octanol–water partition coefficient (Wildman–Crippen LogP) is 3.46. The lowest BCUT2D eigenvalue weighted by molar-refractivity contribution is 0.0624. The Morgan fingerprint density at radius 1 is 1.11 bits per heavy atom. The van der Waals surface area contributed by atoms with Gasteiger partial charge in [0.1, 0.15) is 11.6 Å². The van der Waals surface area contributed by atoms with E-state index in [0.29, 0.717) is 24.4 Å². The predicted molar refractivity (Wildman–Crippen MR) is 139 cm³/mol. The fourth-order valence-corrected chi connectivity index (χ4v) is 4.81. The van der Waals surface area contributed by atoms with Crippen LogP contribution in [0.3, 0.4) is 0 Å². The van der Waals surface area contributed by atoms with Crippen LogP contribution in [0.1, 0.15) is 41.6 Å². The van der Waals surface area contributed by atoms with Crippen LogP contribution >= 0.6 is 0 Å². The van der Waals surface area contributed by atoms with Crippen molar-refractivity contribution in [2.24, 2.45) is 14.1 Å². The largest absolute Gasteiger partial charge is 0.496 e. The minimum Gasteiger partial charge on any atom is -0.496 e. The second-order valence-electron chi connectivity index (χ2n) is 9.73. The molecular formula is C27H33N7O2. The average Bonchev–Trinajstić information content (AvgIpc) is 3.45. The molecule has 0 spiro atoms. The number of ether oxygens (including phenoxy) is 1. The number of hydrogen-bond donors (Lipinski definition) is 0. The molecule has 1 aliphatic rings. The zero-order valence-electron chi connectivity index (χ0n) is 21.6. The molecule has 0 N–H and O–H groups in total. The van der Waals surface area contributed by atoms with Gasteiger partial charge in [0.25, 0.3) is 5.91 Å². The highest BCUT2D eigenvalue weighted by Gasteiger charge is 2.26. The van der Waals surface area contributed by atoms with Crippen LogP contribution in [0.5, 0.6) is 5.75 Å². The number of nitrogens with zero attached hydrogens (tertiary/aromatic N) is 7. The van der Waals surface area contributed by atoms with Crippen molar-refractivity contribution >= 4 is 16.8 Å². The van der Waals surface area contributed by atoms with Crippen molar-refractivity contribution in [1.29, 1.82) is 0 Å². The molecule has 188 valence electrons. The number of rotatable bonds is 6. The zero-order chi connectivity index (χ0) is 25.4. The van der Waals surface area contributed by atoms with E-state index >= 15 is 0 Å². The Morgan fingerprint density at radius 3 is 2.56 bits per heavy atom. The molecule has 1 saturated heterocycles. The SMILES string of the molecule is COc1cc2c(cc1C(=O)N1CCN(Cc3ccn(C)n3)CC1)c(-c1ccnc(C(C)C)n1)cn2C. The molecule has 0 saturated carbocycles. The molecule has 4 aromatic rings. The number of methoxy groups -OCH3 is 1. The molecule has 36 heavy (non-hydrogen) atoms. The lowest BCUT2D eigenvalue weighted by atomic mass is 10.0. The molecule has 9 nitrogen and oxygen atoms in total. The van der Waals surface area contributed by atoms with Gasteiger partial charge in [-0.15, -0.1) is 0 Å². The number of piperazine rings is 1.